The SMILES string of the molecule is COc1ccc(C(=O)Oc2ccc3c(c2C)O/C(=C\c2c(Cl)cccc2Cl)C3=O)cc1. The normalized spacial score (nSPS) is 13.7. The van der Waals surface area contributed by atoms with Crippen LogP contribution < -0.4 is 14.2 Å². The molecule has 0 atom stereocenters. The smallest absolute Gasteiger partial charge is 0.343 e. The molecule has 0 aliphatic carbocycles. The zero-order chi connectivity index (χ0) is 22.1. The van der Waals surface area contributed by atoms with Crippen molar-refractivity contribution in [2.75, 3.05) is 7.11 Å². The van der Waals surface area contributed by atoms with Gasteiger partial charge >= 0.3 is 5.97 Å². The van der Waals surface area contributed by atoms with Gasteiger partial charge in [-0.3, -0.25) is 4.79 Å². The molecule has 0 bridgehead atoms. The number of allylic oxidation sites excluding steroid dienone is 1. The van der Waals surface area contributed by atoms with Gasteiger partial charge in [-0.15, -0.1) is 0 Å². The van der Waals surface area contributed by atoms with Crippen LogP contribution in [0.3, 0.4) is 0 Å². The number of hydrogen-bond acceptors (Lipinski definition) is 5. The van der Waals surface area contributed by atoms with Crippen LogP contribution in [0.4, 0.5) is 0 Å². The van der Waals surface area contributed by atoms with E-state index in [1.54, 1.807) is 68.6 Å². The average molecular weight is 455 g/mol. The Hall–Kier alpha value is -3.28. The third-order valence-electron chi connectivity index (χ3n) is 4.84. The van der Waals surface area contributed by atoms with Gasteiger partial charge in [0.15, 0.2) is 5.76 Å². The van der Waals surface area contributed by atoms with Gasteiger partial charge < -0.3 is 14.2 Å². The molecule has 0 fully saturated rings. The van der Waals surface area contributed by atoms with E-state index >= 15 is 0 Å². The molecule has 0 N–H and O–H groups in total. The number of carbonyl (C=O) groups excluding carboxylic acids is 2. The molecule has 156 valence electrons. The minimum Gasteiger partial charge on any atom is -0.497 e. The van der Waals surface area contributed by atoms with Crippen molar-refractivity contribution in [2.24, 2.45) is 0 Å². The molecule has 0 radical (unpaired) electrons. The highest BCUT2D eigenvalue weighted by atomic mass is 35.5. The van der Waals surface area contributed by atoms with Gasteiger partial charge in [-0.1, -0.05) is 29.3 Å². The van der Waals surface area contributed by atoms with Crippen LogP contribution >= 0.6 is 23.2 Å². The third-order valence-corrected chi connectivity index (χ3v) is 5.50. The number of esters is 1. The number of halogens is 2. The van der Waals surface area contributed by atoms with Crippen LogP contribution in [-0.2, 0) is 0 Å². The van der Waals surface area contributed by atoms with Gasteiger partial charge in [-0.25, -0.2) is 4.79 Å². The van der Waals surface area contributed by atoms with Crippen molar-refractivity contribution in [1.82, 2.24) is 0 Å². The molecule has 1 aliphatic rings. The summed E-state index contributed by atoms with van der Waals surface area (Å²) in [5, 5.41) is 0.802. The Balaban J connectivity index is 1.61. The summed E-state index contributed by atoms with van der Waals surface area (Å²) < 4.78 is 16.4. The first kappa shape index (κ1) is 21.0. The van der Waals surface area contributed by atoms with Gasteiger partial charge in [0.1, 0.15) is 17.2 Å². The second kappa shape index (κ2) is 8.46. The molecule has 0 aromatic heterocycles. The maximum Gasteiger partial charge on any atom is 0.343 e. The predicted octanol–water partition coefficient (Wildman–Crippen LogP) is 6.15. The van der Waals surface area contributed by atoms with Gasteiger partial charge in [0.25, 0.3) is 0 Å². The molecule has 1 aliphatic heterocycles. The van der Waals surface area contributed by atoms with Crippen LogP contribution in [0.25, 0.3) is 6.08 Å². The van der Waals surface area contributed by atoms with Crippen LogP contribution in [0, 0.1) is 6.92 Å². The van der Waals surface area contributed by atoms with Gasteiger partial charge in [-0.2, -0.15) is 0 Å². The van der Waals surface area contributed by atoms with Crippen LogP contribution in [0.2, 0.25) is 10.0 Å². The Bertz CT molecular complexity index is 1210. The van der Waals surface area contributed by atoms with Crippen molar-refractivity contribution < 1.29 is 23.8 Å². The topological polar surface area (TPSA) is 61.8 Å². The summed E-state index contributed by atoms with van der Waals surface area (Å²) in [6.45, 7) is 1.72. The molecular weight excluding hydrogens is 439 g/mol. The van der Waals surface area contributed by atoms with E-state index < -0.39 is 5.97 Å². The minimum absolute atomic E-state index is 0.0896. The van der Waals surface area contributed by atoms with Crippen molar-refractivity contribution >= 4 is 41.0 Å². The standard InChI is InChI=1S/C24H16Cl2O5/c1-13-20(31-24(28)14-6-8-15(29-2)9-7-14)11-10-16-22(27)21(30-23(13)16)12-17-18(25)4-3-5-19(17)26/h3-12H,1-2H3/b21-12-. The fraction of sp³-hybridized carbons (Fsp3) is 0.0833. The van der Waals surface area contributed by atoms with E-state index in [4.69, 9.17) is 37.4 Å². The third kappa shape index (κ3) is 4.02. The number of ether oxygens (including phenoxy) is 3. The van der Waals surface area contributed by atoms with Crippen LogP contribution in [0.5, 0.6) is 17.2 Å². The first-order valence-corrected chi connectivity index (χ1v) is 10.0. The molecule has 5 nitrogen and oxygen atoms in total. The number of ketones is 1. The van der Waals surface area contributed by atoms with Crippen LogP contribution in [-0.4, -0.2) is 18.9 Å². The minimum atomic E-state index is -0.534. The number of benzene rings is 3. The maximum absolute atomic E-state index is 12.8. The molecule has 3 aromatic rings. The van der Waals surface area contributed by atoms with Gasteiger partial charge in [0.05, 0.1) is 18.2 Å². The highest BCUT2D eigenvalue weighted by Gasteiger charge is 2.31. The lowest BCUT2D eigenvalue weighted by molar-refractivity contribution is 0.0733. The number of hydrogen-bond donors (Lipinski definition) is 0. The molecule has 31 heavy (non-hydrogen) atoms. The second-order valence-corrected chi connectivity index (χ2v) is 7.57. The summed E-state index contributed by atoms with van der Waals surface area (Å²) in [6, 6.07) is 14.8. The molecule has 0 saturated carbocycles. The summed E-state index contributed by atoms with van der Waals surface area (Å²) >= 11 is 12.4. The summed E-state index contributed by atoms with van der Waals surface area (Å²) in [5.41, 5.74) is 1.76. The monoisotopic (exact) mass is 454 g/mol. The summed E-state index contributed by atoms with van der Waals surface area (Å²) in [5.74, 6) is 0.515. The van der Waals surface area contributed by atoms with E-state index in [2.05, 4.69) is 0 Å². The molecule has 4 rings (SSSR count). The van der Waals surface area contributed by atoms with E-state index in [9.17, 15) is 9.59 Å². The van der Waals surface area contributed by atoms with Crippen molar-refractivity contribution in [3.05, 3.63) is 92.7 Å². The molecule has 0 saturated heterocycles. The average Bonchev–Trinajstić information content (AvgIpc) is 3.09. The number of carbonyl (C=O) groups is 2. The number of fused-ring (bicyclic) bond motifs is 1. The highest BCUT2D eigenvalue weighted by Crippen LogP contribution is 2.40. The number of Topliss-reactive ketones (excluding diaryl/α,β-unsaturated/α-hetero) is 1. The van der Waals surface area contributed by atoms with Crippen molar-refractivity contribution in [3.8, 4) is 17.2 Å². The van der Waals surface area contributed by atoms with Crippen molar-refractivity contribution in [1.29, 1.82) is 0 Å². The fourth-order valence-electron chi connectivity index (χ4n) is 3.14. The van der Waals surface area contributed by atoms with E-state index in [0.717, 1.165) is 0 Å². The molecule has 7 heteroatoms. The van der Waals surface area contributed by atoms with Crippen LogP contribution in [0.15, 0.2) is 60.4 Å². The lowest BCUT2D eigenvalue weighted by Crippen LogP contribution is -2.09. The van der Waals surface area contributed by atoms with Crippen molar-refractivity contribution in [2.45, 2.75) is 6.92 Å². The van der Waals surface area contributed by atoms with E-state index in [-0.39, 0.29) is 11.5 Å². The quantitative estimate of drug-likeness (QED) is 0.269. The predicted molar refractivity (Wildman–Crippen MR) is 119 cm³/mol. The van der Waals surface area contributed by atoms with E-state index in [1.807, 2.05) is 0 Å². The molecule has 0 amide bonds. The Kier molecular flexibility index (Phi) is 5.72. The molecular formula is C24H16Cl2O5. The molecule has 0 unspecified atom stereocenters. The number of rotatable bonds is 4. The van der Waals surface area contributed by atoms with Gasteiger partial charge in [0.2, 0.25) is 5.78 Å². The van der Waals surface area contributed by atoms with Gasteiger partial charge in [-0.05, 0) is 61.5 Å². The largest absolute Gasteiger partial charge is 0.497 e. The molecule has 3 aromatic carbocycles. The lowest BCUT2D eigenvalue weighted by Gasteiger charge is -2.10. The maximum atomic E-state index is 12.8. The summed E-state index contributed by atoms with van der Waals surface area (Å²) in [4.78, 5) is 25.3. The first-order valence-electron chi connectivity index (χ1n) is 9.27. The van der Waals surface area contributed by atoms with Crippen molar-refractivity contribution in [3.63, 3.8) is 0 Å². The van der Waals surface area contributed by atoms with Crippen LogP contribution in [0.1, 0.15) is 31.8 Å². The zero-order valence-electron chi connectivity index (χ0n) is 16.6. The summed E-state index contributed by atoms with van der Waals surface area (Å²) in [6.07, 6.45) is 1.51. The second-order valence-electron chi connectivity index (χ2n) is 6.76. The summed E-state index contributed by atoms with van der Waals surface area (Å²) in [7, 11) is 1.55. The number of methoxy groups -OCH3 is 1. The fourth-order valence-corrected chi connectivity index (χ4v) is 3.65. The Morgan fingerprint density at radius 2 is 1.68 bits per heavy atom. The van der Waals surface area contributed by atoms with Gasteiger partial charge in [0, 0.05) is 21.2 Å². The Labute approximate surface area is 188 Å². The first-order chi connectivity index (χ1) is 14.9. The highest BCUT2D eigenvalue weighted by molar-refractivity contribution is 6.37. The molecule has 0 spiro atoms. The zero-order valence-corrected chi connectivity index (χ0v) is 18.1. The van der Waals surface area contributed by atoms with E-state index in [0.29, 0.717) is 49.5 Å². The molecule has 1 heterocycles. The Morgan fingerprint density at radius 3 is 2.32 bits per heavy atom. The van der Waals surface area contributed by atoms with E-state index in [1.165, 1.54) is 6.08 Å². The Morgan fingerprint density at radius 1 is 1.00 bits per heavy atom. The lowest BCUT2D eigenvalue weighted by atomic mass is 10.1.